The lowest BCUT2D eigenvalue weighted by atomic mass is 9.94. The average molecular weight is 477 g/mol. The first-order valence-electron chi connectivity index (χ1n) is 9.88. The number of thiazole rings is 1. The van der Waals surface area contributed by atoms with Gasteiger partial charge in [-0.1, -0.05) is 54.7 Å². The third-order valence-corrected chi connectivity index (χ3v) is 6.17. The molecule has 0 bridgehead atoms. The highest BCUT2D eigenvalue weighted by atomic mass is 35.5. The van der Waals surface area contributed by atoms with E-state index < -0.39 is 5.97 Å². The number of carbonyl (C=O) groups excluding carboxylic acids is 2. The van der Waals surface area contributed by atoms with Crippen LogP contribution in [0.4, 0.5) is 0 Å². The standard InChI is InChI=1S/C23H22Cl2N2O3S/c1-2-5-15(17-9-8-16(24)12-18(17)25)13-26-21(28)14-30-23(29)11-10-22-27-19-6-3-4-7-20(19)31-22/h3-4,6-12,15H,2,5,13-14H2,1H3,(H,26,28)/b11-10+/t15-/m0/s1. The van der Waals surface area contributed by atoms with Gasteiger partial charge in [0.25, 0.3) is 5.91 Å². The molecule has 0 saturated carbocycles. The van der Waals surface area contributed by atoms with Gasteiger partial charge in [-0.15, -0.1) is 11.3 Å². The zero-order valence-electron chi connectivity index (χ0n) is 16.9. The summed E-state index contributed by atoms with van der Waals surface area (Å²) < 4.78 is 6.07. The monoisotopic (exact) mass is 476 g/mol. The molecule has 0 radical (unpaired) electrons. The van der Waals surface area contributed by atoms with Crippen LogP contribution >= 0.6 is 34.5 Å². The largest absolute Gasteiger partial charge is 0.452 e. The van der Waals surface area contributed by atoms with Crippen molar-refractivity contribution >= 4 is 62.7 Å². The van der Waals surface area contributed by atoms with Crippen molar-refractivity contribution in [2.75, 3.05) is 13.2 Å². The van der Waals surface area contributed by atoms with Gasteiger partial charge in [-0.05, 0) is 42.3 Å². The Kier molecular flexibility index (Phi) is 8.46. The normalized spacial score (nSPS) is 12.2. The number of esters is 1. The van der Waals surface area contributed by atoms with Crippen LogP contribution < -0.4 is 5.32 Å². The molecule has 1 amide bonds. The second-order valence-corrected chi connectivity index (χ2v) is 8.82. The molecule has 0 aliphatic rings. The third-order valence-electron chi connectivity index (χ3n) is 4.60. The summed E-state index contributed by atoms with van der Waals surface area (Å²) >= 11 is 13.8. The van der Waals surface area contributed by atoms with Crippen molar-refractivity contribution in [1.29, 1.82) is 0 Å². The van der Waals surface area contributed by atoms with E-state index in [1.807, 2.05) is 30.3 Å². The van der Waals surface area contributed by atoms with Crippen LogP contribution in [0.5, 0.6) is 0 Å². The van der Waals surface area contributed by atoms with Gasteiger partial charge < -0.3 is 10.1 Å². The Morgan fingerprint density at radius 3 is 2.77 bits per heavy atom. The van der Waals surface area contributed by atoms with Crippen LogP contribution in [-0.4, -0.2) is 30.0 Å². The van der Waals surface area contributed by atoms with E-state index in [2.05, 4.69) is 17.2 Å². The van der Waals surface area contributed by atoms with Crippen molar-refractivity contribution in [2.24, 2.45) is 0 Å². The van der Waals surface area contributed by atoms with Crippen molar-refractivity contribution < 1.29 is 14.3 Å². The van der Waals surface area contributed by atoms with E-state index in [4.69, 9.17) is 27.9 Å². The van der Waals surface area contributed by atoms with Crippen LogP contribution in [0, 0.1) is 0 Å². The van der Waals surface area contributed by atoms with Gasteiger partial charge >= 0.3 is 5.97 Å². The van der Waals surface area contributed by atoms with Crippen LogP contribution in [-0.2, 0) is 14.3 Å². The first kappa shape index (κ1) is 23.3. The molecule has 1 atom stereocenters. The molecule has 0 saturated heterocycles. The summed E-state index contributed by atoms with van der Waals surface area (Å²) in [5.41, 5.74) is 1.81. The van der Waals surface area contributed by atoms with E-state index in [1.54, 1.807) is 18.2 Å². The molecule has 0 unspecified atom stereocenters. The maximum absolute atomic E-state index is 12.1. The fourth-order valence-electron chi connectivity index (χ4n) is 3.12. The summed E-state index contributed by atoms with van der Waals surface area (Å²) in [4.78, 5) is 28.5. The molecule has 31 heavy (non-hydrogen) atoms. The SMILES string of the molecule is CCC[C@@H](CNC(=O)COC(=O)/C=C/c1nc2ccccc2s1)c1ccc(Cl)cc1Cl. The number of benzene rings is 2. The lowest BCUT2D eigenvalue weighted by molar-refractivity contribution is -0.143. The fraction of sp³-hybridized carbons (Fsp3) is 0.261. The van der Waals surface area contributed by atoms with Crippen LogP contribution in [0.25, 0.3) is 16.3 Å². The molecule has 0 spiro atoms. The molecule has 2 aromatic carbocycles. The van der Waals surface area contributed by atoms with Gasteiger partial charge in [-0.25, -0.2) is 9.78 Å². The predicted octanol–water partition coefficient (Wildman–Crippen LogP) is 5.86. The van der Waals surface area contributed by atoms with Gasteiger partial charge in [0.05, 0.1) is 10.2 Å². The van der Waals surface area contributed by atoms with Gasteiger partial charge in [0.2, 0.25) is 0 Å². The quantitative estimate of drug-likeness (QED) is 0.310. The number of hydrogen-bond acceptors (Lipinski definition) is 5. The van der Waals surface area contributed by atoms with Gasteiger partial charge in [0.15, 0.2) is 6.61 Å². The molecule has 3 rings (SSSR count). The zero-order chi connectivity index (χ0) is 22.2. The molecule has 162 valence electrons. The first-order chi connectivity index (χ1) is 15.0. The van der Waals surface area contributed by atoms with Crippen molar-refractivity contribution in [2.45, 2.75) is 25.7 Å². The Bertz CT molecular complexity index is 1060. The van der Waals surface area contributed by atoms with E-state index in [9.17, 15) is 9.59 Å². The molecule has 0 aliphatic heterocycles. The molecule has 1 heterocycles. The van der Waals surface area contributed by atoms with Gasteiger partial charge in [0.1, 0.15) is 5.01 Å². The highest BCUT2D eigenvalue weighted by Crippen LogP contribution is 2.30. The van der Waals surface area contributed by atoms with Crippen molar-refractivity contribution in [1.82, 2.24) is 10.3 Å². The summed E-state index contributed by atoms with van der Waals surface area (Å²) in [6, 6.07) is 13.1. The molecule has 3 aromatic rings. The number of rotatable bonds is 9. The second kappa shape index (κ2) is 11.3. The van der Waals surface area contributed by atoms with Gasteiger partial charge in [-0.3, -0.25) is 4.79 Å². The highest BCUT2D eigenvalue weighted by Gasteiger charge is 2.16. The number of ether oxygens (including phenoxy) is 1. The summed E-state index contributed by atoms with van der Waals surface area (Å²) in [6.45, 7) is 2.11. The highest BCUT2D eigenvalue weighted by molar-refractivity contribution is 7.19. The number of aromatic nitrogens is 1. The van der Waals surface area contributed by atoms with Crippen molar-refractivity contribution in [3.8, 4) is 0 Å². The molecular formula is C23H22Cl2N2O3S. The fourth-order valence-corrected chi connectivity index (χ4v) is 4.56. The number of nitrogens with one attached hydrogen (secondary N) is 1. The van der Waals surface area contributed by atoms with Crippen LogP contribution in [0.2, 0.25) is 10.0 Å². The number of carbonyl (C=O) groups is 2. The van der Waals surface area contributed by atoms with Gasteiger partial charge in [-0.2, -0.15) is 0 Å². The third kappa shape index (κ3) is 6.79. The van der Waals surface area contributed by atoms with Crippen molar-refractivity contribution in [3.05, 3.63) is 69.2 Å². The maximum Gasteiger partial charge on any atom is 0.331 e. The minimum Gasteiger partial charge on any atom is -0.452 e. The Hall–Kier alpha value is -2.41. The van der Waals surface area contributed by atoms with E-state index in [1.165, 1.54) is 17.4 Å². The topological polar surface area (TPSA) is 68.3 Å². The molecular weight excluding hydrogens is 455 g/mol. The van der Waals surface area contributed by atoms with E-state index in [0.717, 1.165) is 28.6 Å². The first-order valence-corrected chi connectivity index (χ1v) is 11.5. The van der Waals surface area contributed by atoms with Gasteiger partial charge in [0, 0.05) is 28.6 Å². The number of fused-ring (bicyclic) bond motifs is 1. The summed E-state index contributed by atoms with van der Waals surface area (Å²) in [6.07, 6.45) is 4.65. The molecule has 0 fully saturated rings. The smallest absolute Gasteiger partial charge is 0.331 e. The molecule has 1 N–H and O–H groups in total. The number of halogens is 2. The average Bonchev–Trinajstić information content (AvgIpc) is 3.17. The Balaban J connectivity index is 1.48. The Morgan fingerprint density at radius 2 is 2.03 bits per heavy atom. The molecule has 8 heteroatoms. The second-order valence-electron chi connectivity index (χ2n) is 6.92. The lowest BCUT2D eigenvalue weighted by Crippen LogP contribution is -2.32. The van der Waals surface area contributed by atoms with E-state index >= 15 is 0 Å². The molecule has 0 aliphatic carbocycles. The zero-order valence-corrected chi connectivity index (χ0v) is 19.3. The van der Waals surface area contributed by atoms with Crippen LogP contribution in [0.1, 0.15) is 36.3 Å². The Labute approximate surface area is 195 Å². The lowest BCUT2D eigenvalue weighted by Gasteiger charge is -2.19. The number of nitrogens with zero attached hydrogens (tertiary/aromatic N) is 1. The van der Waals surface area contributed by atoms with E-state index in [0.29, 0.717) is 21.6 Å². The number of para-hydroxylation sites is 1. The van der Waals surface area contributed by atoms with Crippen LogP contribution in [0.15, 0.2) is 48.5 Å². The minimum atomic E-state index is -0.597. The van der Waals surface area contributed by atoms with Crippen molar-refractivity contribution in [3.63, 3.8) is 0 Å². The maximum atomic E-state index is 12.1. The summed E-state index contributed by atoms with van der Waals surface area (Å²) in [5, 5.41) is 4.66. The van der Waals surface area contributed by atoms with Crippen LogP contribution in [0.3, 0.4) is 0 Å². The summed E-state index contributed by atoms with van der Waals surface area (Å²) in [5.74, 6) is -0.915. The minimum absolute atomic E-state index is 0.0494. The summed E-state index contributed by atoms with van der Waals surface area (Å²) in [7, 11) is 0. The number of amides is 1. The van der Waals surface area contributed by atoms with E-state index in [-0.39, 0.29) is 18.4 Å². The predicted molar refractivity (Wildman–Crippen MR) is 127 cm³/mol. The molecule has 1 aromatic heterocycles. The Morgan fingerprint density at radius 1 is 1.23 bits per heavy atom. The molecule has 5 nitrogen and oxygen atoms in total. The number of hydrogen-bond donors (Lipinski definition) is 1.